The van der Waals surface area contributed by atoms with Crippen LogP contribution in [0, 0.1) is 6.92 Å². The van der Waals surface area contributed by atoms with Crippen molar-refractivity contribution >= 4 is 33.4 Å². The zero-order valence-corrected chi connectivity index (χ0v) is 16.7. The van der Waals surface area contributed by atoms with E-state index in [2.05, 4.69) is 21.2 Å². The monoisotopic (exact) mass is 420 g/mol. The smallest absolute Gasteiger partial charge is 0.254 e. The van der Waals surface area contributed by atoms with Crippen LogP contribution in [0.25, 0.3) is 0 Å². The molecular weight excluding hydrogens is 400 g/mol. The van der Waals surface area contributed by atoms with E-state index in [0.29, 0.717) is 22.7 Å². The molecule has 0 unspecified atom stereocenters. The Hall–Kier alpha value is -2.54. The van der Waals surface area contributed by atoms with Crippen LogP contribution in [0.1, 0.15) is 15.9 Å². The number of para-hydroxylation sites is 1. The summed E-state index contributed by atoms with van der Waals surface area (Å²) in [6.45, 7) is 1.76. The minimum atomic E-state index is -0.302. The summed E-state index contributed by atoms with van der Waals surface area (Å²) in [4.78, 5) is 26.3. The summed E-state index contributed by atoms with van der Waals surface area (Å²) < 4.78 is 11.4. The third-order valence-corrected chi connectivity index (χ3v) is 4.57. The van der Waals surface area contributed by atoms with Crippen molar-refractivity contribution in [3.8, 4) is 11.5 Å². The Labute approximate surface area is 161 Å². The molecule has 0 saturated heterocycles. The number of hydrogen-bond donors (Lipinski definition) is 1. The highest BCUT2D eigenvalue weighted by atomic mass is 79.9. The van der Waals surface area contributed by atoms with E-state index in [1.54, 1.807) is 25.2 Å². The molecule has 0 atom stereocenters. The molecule has 0 spiro atoms. The molecule has 0 aliphatic carbocycles. The molecular formula is C19H21BrN2O4. The van der Waals surface area contributed by atoms with Crippen molar-refractivity contribution in [2.45, 2.75) is 6.92 Å². The van der Waals surface area contributed by atoms with Crippen molar-refractivity contribution in [2.24, 2.45) is 0 Å². The van der Waals surface area contributed by atoms with Gasteiger partial charge in [-0.25, -0.2) is 0 Å². The number of nitrogens with zero attached hydrogens (tertiary/aromatic N) is 1. The largest absolute Gasteiger partial charge is 0.496 e. The van der Waals surface area contributed by atoms with E-state index in [1.165, 1.54) is 19.1 Å². The normalized spacial score (nSPS) is 10.2. The fourth-order valence-electron chi connectivity index (χ4n) is 2.47. The van der Waals surface area contributed by atoms with Gasteiger partial charge in [0.25, 0.3) is 5.91 Å². The van der Waals surface area contributed by atoms with Crippen molar-refractivity contribution in [3.63, 3.8) is 0 Å². The van der Waals surface area contributed by atoms with Crippen LogP contribution in [-0.4, -0.2) is 44.5 Å². The predicted molar refractivity (Wildman–Crippen MR) is 104 cm³/mol. The van der Waals surface area contributed by atoms with Crippen molar-refractivity contribution in [2.75, 3.05) is 33.1 Å². The van der Waals surface area contributed by atoms with Crippen LogP contribution in [0.15, 0.2) is 40.9 Å². The highest BCUT2D eigenvalue weighted by Gasteiger charge is 2.19. The highest BCUT2D eigenvalue weighted by molar-refractivity contribution is 9.10. The summed E-state index contributed by atoms with van der Waals surface area (Å²) >= 11 is 3.37. The molecule has 0 aromatic heterocycles. The van der Waals surface area contributed by atoms with Gasteiger partial charge in [-0.15, -0.1) is 0 Å². The van der Waals surface area contributed by atoms with Gasteiger partial charge in [-0.05, 0) is 47.1 Å². The maximum Gasteiger partial charge on any atom is 0.254 e. The van der Waals surface area contributed by atoms with Gasteiger partial charge < -0.3 is 19.7 Å². The number of benzene rings is 2. The number of carbonyl (C=O) groups excluding carboxylic acids is 2. The Morgan fingerprint density at radius 3 is 2.23 bits per heavy atom. The standard InChI is InChI=1S/C19H21BrN2O4/c1-12-16(25-3)9-13(10-17(12)26-4)19(24)22(2)11-18(23)21-15-8-6-5-7-14(15)20/h5-10H,11H2,1-4H3,(H,21,23). The second-order valence-electron chi connectivity index (χ2n) is 5.70. The molecule has 0 aliphatic rings. The Balaban J connectivity index is 2.12. The lowest BCUT2D eigenvalue weighted by Gasteiger charge is -2.19. The van der Waals surface area contributed by atoms with Gasteiger partial charge in [0.1, 0.15) is 11.5 Å². The van der Waals surface area contributed by atoms with Gasteiger partial charge in [-0.3, -0.25) is 9.59 Å². The number of amides is 2. The van der Waals surface area contributed by atoms with Crippen LogP contribution < -0.4 is 14.8 Å². The maximum absolute atomic E-state index is 12.7. The summed E-state index contributed by atoms with van der Waals surface area (Å²) in [6, 6.07) is 10.6. The molecule has 2 aromatic rings. The highest BCUT2D eigenvalue weighted by Crippen LogP contribution is 2.30. The fraction of sp³-hybridized carbons (Fsp3) is 0.263. The van der Waals surface area contributed by atoms with Crippen LogP contribution >= 0.6 is 15.9 Å². The number of carbonyl (C=O) groups is 2. The molecule has 138 valence electrons. The van der Waals surface area contributed by atoms with Crippen molar-refractivity contribution in [1.82, 2.24) is 4.90 Å². The van der Waals surface area contributed by atoms with E-state index in [9.17, 15) is 9.59 Å². The first-order valence-electron chi connectivity index (χ1n) is 7.89. The van der Waals surface area contributed by atoms with Gasteiger partial charge in [0.2, 0.25) is 5.91 Å². The molecule has 0 saturated carbocycles. The molecule has 0 radical (unpaired) electrons. The summed E-state index contributed by atoms with van der Waals surface area (Å²) in [5, 5.41) is 2.77. The zero-order valence-electron chi connectivity index (χ0n) is 15.1. The molecule has 0 aliphatic heterocycles. The maximum atomic E-state index is 12.7. The first-order chi connectivity index (χ1) is 12.4. The number of halogens is 1. The number of rotatable bonds is 6. The second kappa shape index (κ2) is 8.71. The number of likely N-dealkylation sites (N-methyl/N-ethyl adjacent to an activating group) is 1. The Kier molecular flexibility index (Phi) is 6.63. The van der Waals surface area contributed by atoms with Gasteiger partial charge in [0, 0.05) is 22.6 Å². The van der Waals surface area contributed by atoms with Crippen molar-refractivity contribution in [1.29, 1.82) is 0 Å². The summed E-state index contributed by atoms with van der Waals surface area (Å²) in [5.74, 6) is 0.514. The van der Waals surface area contributed by atoms with E-state index >= 15 is 0 Å². The first-order valence-corrected chi connectivity index (χ1v) is 8.69. The number of methoxy groups -OCH3 is 2. The lowest BCUT2D eigenvalue weighted by atomic mass is 10.1. The van der Waals surface area contributed by atoms with Crippen molar-refractivity contribution < 1.29 is 19.1 Å². The lowest BCUT2D eigenvalue weighted by molar-refractivity contribution is -0.116. The van der Waals surface area contributed by atoms with Crippen LogP contribution in [0.5, 0.6) is 11.5 Å². The molecule has 0 fully saturated rings. The van der Waals surface area contributed by atoms with Crippen LogP contribution in [0.4, 0.5) is 5.69 Å². The fourth-order valence-corrected chi connectivity index (χ4v) is 2.85. The second-order valence-corrected chi connectivity index (χ2v) is 6.55. The molecule has 6 nitrogen and oxygen atoms in total. The Morgan fingerprint density at radius 1 is 1.12 bits per heavy atom. The third-order valence-electron chi connectivity index (χ3n) is 3.87. The first kappa shape index (κ1) is 19.8. The average Bonchev–Trinajstić information content (AvgIpc) is 2.63. The Morgan fingerprint density at radius 2 is 1.69 bits per heavy atom. The van der Waals surface area contributed by atoms with E-state index in [-0.39, 0.29) is 18.4 Å². The quantitative estimate of drug-likeness (QED) is 0.776. The SMILES string of the molecule is COc1cc(C(=O)N(C)CC(=O)Nc2ccccc2Br)cc(OC)c1C. The number of nitrogens with one attached hydrogen (secondary N) is 1. The molecule has 7 heteroatoms. The van der Waals surface area contributed by atoms with Gasteiger partial charge in [-0.1, -0.05) is 12.1 Å². The molecule has 0 bridgehead atoms. The van der Waals surface area contributed by atoms with Gasteiger partial charge >= 0.3 is 0 Å². The third kappa shape index (κ3) is 4.54. The summed E-state index contributed by atoms with van der Waals surface area (Å²) in [6.07, 6.45) is 0. The number of ether oxygens (including phenoxy) is 2. The van der Waals surface area contributed by atoms with Gasteiger partial charge in [0.15, 0.2) is 0 Å². The molecule has 2 rings (SSSR count). The molecule has 2 amide bonds. The van der Waals surface area contributed by atoms with E-state index in [0.717, 1.165) is 10.0 Å². The van der Waals surface area contributed by atoms with E-state index in [4.69, 9.17) is 9.47 Å². The molecule has 0 heterocycles. The van der Waals surface area contributed by atoms with Crippen LogP contribution in [0.3, 0.4) is 0 Å². The van der Waals surface area contributed by atoms with Gasteiger partial charge in [0.05, 0.1) is 26.5 Å². The van der Waals surface area contributed by atoms with Gasteiger partial charge in [-0.2, -0.15) is 0 Å². The summed E-state index contributed by atoms with van der Waals surface area (Å²) in [7, 11) is 4.64. The minimum absolute atomic E-state index is 0.0846. The number of anilines is 1. The van der Waals surface area contributed by atoms with Crippen molar-refractivity contribution in [3.05, 3.63) is 52.0 Å². The summed E-state index contributed by atoms with van der Waals surface area (Å²) in [5.41, 5.74) is 1.85. The number of hydrogen-bond acceptors (Lipinski definition) is 4. The zero-order chi connectivity index (χ0) is 19.3. The average molecular weight is 421 g/mol. The molecule has 2 aromatic carbocycles. The van der Waals surface area contributed by atoms with Crippen LogP contribution in [-0.2, 0) is 4.79 Å². The molecule has 26 heavy (non-hydrogen) atoms. The minimum Gasteiger partial charge on any atom is -0.496 e. The van der Waals surface area contributed by atoms with Crippen LogP contribution in [0.2, 0.25) is 0 Å². The van der Waals surface area contributed by atoms with E-state index < -0.39 is 0 Å². The Bertz CT molecular complexity index is 798. The lowest BCUT2D eigenvalue weighted by Crippen LogP contribution is -2.35. The van der Waals surface area contributed by atoms with E-state index in [1.807, 2.05) is 25.1 Å². The topological polar surface area (TPSA) is 67.9 Å². The molecule has 1 N–H and O–H groups in total. The predicted octanol–water partition coefficient (Wildman–Crippen LogP) is 3.49.